The van der Waals surface area contributed by atoms with E-state index in [-0.39, 0.29) is 12.5 Å². The van der Waals surface area contributed by atoms with Gasteiger partial charge in [0.25, 0.3) is 5.91 Å². The first kappa shape index (κ1) is 17.5. The van der Waals surface area contributed by atoms with Crippen LogP contribution in [0, 0.1) is 0 Å². The summed E-state index contributed by atoms with van der Waals surface area (Å²) in [7, 11) is 0. The van der Waals surface area contributed by atoms with E-state index in [2.05, 4.69) is 21.2 Å². The predicted octanol–water partition coefficient (Wildman–Crippen LogP) is 2.08. The number of halogens is 1. The summed E-state index contributed by atoms with van der Waals surface area (Å²) in [5.41, 5.74) is -0.493. The van der Waals surface area contributed by atoms with Crippen molar-refractivity contribution in [3.05, 3.63) is 34.3 Å². The lowest BCUT2D eigenvalue weighted by Crippen LogP contribution is -2.44. The molecule has 1 saturated heterocycles. The maximum atomic E-state index is 12.7. The molecule has 1 unspecified atom stereocenters. The maximum absolute atomic E-state index is 12.7. The summed E-state index contributed by atoms with van der Waals surface area (Å²) >= 11 is 3.36. The van der Waals surface area contributed by atoms with Crippen molar-refractivity contribution in [3.8, 4) is 0 Å². The van der Waals surface area contributed by atoms with Crippen LogP contribution in [0.3, 0.4) is 0 Å². The minimum Gasteiger partial charge on any atom is -0.342 e. The van der Waals surface area contributed by atoms with E-state index in [1.165, 1.54) is 0 Å². The first-order valence-corrected chi connectivity index (χ1v) is 8.30. The molecule has 1 N–H and O–H groups in total. The first-order chi connectivity index (χ1) is 10.8. The first-order valence-electron chi connectivity index (χ1n) is 7.51. The summed E-state index contributed by atoms with van der Waals surface area (Å²) in [6, 6.07) is 6.66. The highest BCUT2D eigenvalue weighted by Crippen LogP contribution is 2.30. The quantitative estimate of drug-likeness (QED) is 0.793. The lowest BCUT2D eigenvalue weighted by Gasteiger charge is -2.24. The summed E-state index contributed by atoms with van der Waals surface area (Å²) in [5, 5.41) is 2.70. The monoisotopic (exact) mass is 381 g/mol. The Balaban J connectivity index is 2.24. The molecule has 0 aliphatic carbocycles. The van der Waals surface area contributed by atoms with Crippen molar-refractivity contribution in [3.63, 3.8) is 0 Å². The summed E-state index contributed by atoms with van der Waals surface area (Å²) < 4.78 is 0.816. The van der Waals surface area contributed by atoms with Gasteiger partial charge >= 0.3 is 6.03 Å². The molecule has 1 aliphatic heterocycles. The normalized spacial score (nSPS) is 20.6. The fourth-order valence-electron chi connectivity index (χ4n) is 2.65. The molecular weight excluding hydrogens is 362 g/mol. The molecule has 2 rings (SSSR count). The van der Waals surface area contributed by atoms with Gasteiger partial charge in [-0.15, -0.1) is 0 Å². The van der Waals surface area contributed by atoms with Gasteiger partial charge in [0.05, 0.1) is 0 Å². The fraction of sp³-hybridized carbons (Fsp3) is 0.438. The lowest BCUT2D eigenvalue weighted by molar-refractivity contribution is -0.138. The van der Waals surface area contributed by atoms with Gasteiger partial charge < -0.3 is 10.2 Å². The van der Waals surface area contributed by atoms with Crippen LogP contribution in [0.5, 0.6) is 0 Å². The second-order valence-electron chi connectivity index (χ2n) is 5.52. The number of imide groups is 1. The Bertz CT molecular complexity index is 645. The molecule has 0 radical (unpaired) electrons. The molecule has 23 heavy (non-hydrogen) atoms. The van der Waals surface area contributed by atoms with Crippen LogP contribution in [0.25, 0.3) is 0 Å². The van der Waals surface area contributed by atoms with Crippen LogP contribution in [0.1, 0.15) is 26.3 Å². The predicted molar refractivity (Wildman–Crippen MR) is 89.7 cm³/mol. The number of amides is 4. The summed E-state index contributed by atoms with van der Waals surface area (Å²) in [5.74, 6) is -0.655. The Kier molecular flexibility index (Phi) is 5.09. The molecule has 124 valence electrons. The SMILES string of the molecule is CCN(CC)C(=O)CN1C(=O)NC(C)(c2cccc(Br)c2)C1=O. The van der Waals surface area contributed by atoms with Crippen molar-refractivity contribution >= 4 is 33.8 Å². The van der Waals surface area contributed by atoms with E-state index in [0.717, 1.165) is 9.37 Å². The van der Waals surface area contributed by atoms with Gasteiger partial charge in [0.15, 0.2) is 0 Å². The van der Waals surface area contributed by atoms with Gasteiger partial charge in [-0.25, -0.2) is 4.79 Å². The minimum atomic E-state index is -1.16. The van der Waals surface area contributed by atoms with Crippen LogP contribution >= 0.6 is 15.9 Å². The molecule has 0 saturated carbocycles. The third kappa shape index (κ3) is 3.24. The molecule has 4 amide bonds. The van der Waals surface area contributed by atoms with E-state index in [9.17, 15) is 14.4 Å². The molecule has 7 heteroatoms. The number of nitrogens with zero attached hydrogens (tertiary/aromatic N) is 2. The third-order valence-electron chi connectivity index (χ3n) is 4.09. The van der Waals surface area contributed by atoms with E-state index >= 15 is 0 Å². The van der Waals surface area contributed by atoms with Crippen LogP contribution in [-0.4, -0.2) is 47.3 Å². The number of nitrogens with one attached hydrogen (secondary N) is 1. The van der Waals surface area contributed by atoms with E-state index in [1.807, 2.05) is 19.9 Å². The van der Waals surface area contributed by atoms with Gasteiger partial charge in [0.2, 0.25) is 5.91 Å². The van der Waals surface area contributed by atoms with E-state index < -0.39 is 17.5 Å². The zero-order valence-corrected chi connectivity index (χ0v) is 15.0. The van der Waals surface area contributed by atoms with Crippen LogP contribution in [0.2, 0.25) is 0 Å². The Hall–Kier alpha value is -1.89. The highest BCUT2D eigenvalue weighted by atomic mass is 79.9. The zero-order chi connectivity index (χ0) is 17.2. The van der Waals surface area contributed by atoms with Crippen molar-refractivity contribution < 1.29 is 14.4 Å². The molecule has 1 aromatic carbocycles. The van der Waals surface area contributed by atoms with Crippen LogP contribution < -0.4 is 5.32 Å². The molecule has 1 heterocycles. The Morgan fingerprint density at radius 3 is 2.52 bits per heavy atom. The number of hydrogen-bond donors (Lipinski definition) is 1. The van der Waals surface area contributed by atoms with Crippen LogP contribution in [0.15, 0.2) is 28.7 Å². The molecule has 0 aromatic heterocycles. The maximum Gasteiger partial charge on any atom is 0.325 e. The number of carbonyl (C=O) groups excluding carboxylic acids is 3. The molecule has 1 aliphatic rings. The Labute approximate surface area is 143 Å². The second kappa shape index (κ2) is 6.70. The van der Waals surface area contributed by atoms with Gasteiger partial charge in [-0.2, -0.15) is 0 Å². The average molecular weight is 382 g/mol. The summed E-state index contributed by atoms with van der Waals surface area (Å²) in [6.07, 6.45) is 0. The largest absolute Gasteiger partial charge is 0.342 e. The Morgan fingerprint density at radius 1 is 1.30 bits per heavy atom. The topological polar surface area (TPSA) is 69.7 Å². The van der Waals surface area contributed by atoms with Crippen molar-refractivity contribution in [2.24, 2.45) is 0 Å². The van der Waals surface area contributed by atoms with E-state index in [0.29, 0.717) is 18.7 Å². The fourth-order valence-corrected chi connectivity index (χ4v) is 3.05. The number of rotatable bonds is 5. The smallest absolute Gasteiger partial charge is 0.325 e. The highest BCUT2D eigenvalue weighted by molar-refractivity contribution is 9.10. The molecule has 1 atom stereocenters. The van der Waals surface area contributed by atoms with Gasteiger partial charge in [0.1, 0.15) is 12.1 Å². The minimum absolute atomic E-state index is 0.239. The van der Waals surface area contributed by atoms with Crippen LogP contribution in [-0.2, 0) is 15.1 Å². The lowest BCUT2D eigenvalue weighted by atomic mass is 9.92. The van der Waals surface area contributed by atoms with E-state index in [4.69, 9.17) is 0 Å². The molecule has 1 fully saturated rings. The number of carbonyl (C=O) groups is 3. The summed E-state index contributed by atoms with van der Waals surface area (Å²) in [6.45, 7) is 6.22. The number of hydrogen-bond acceptors (Lipinski definition) is 3. The van der Waals surface area contributed by atoms with Gasteiger partial charge in [-0.3, -0.25) is 14.5 Å². The standard InChI is InChI=1S/C16H20BrN3O3/c1-4-19(5-2)13(21)10-20-14(22)16(3,18-15(20)23)11-7-6-8-12(17)9-11/h6-9H,4-5,10H2,1-3H3,(H,18,23). The van der Waals surface area contributed by atoms with Gasteiger partial charge in [-0.05, 0) is 38.5 Å². The second-order valence-corrected chi connectivity index (χ2v) is 6.44. The number of likely N-dealkylation sites (N-methyl/N-ethyl adjacent to an activating group) is 1. The number of benzene rings is 1. The van der Waals surface area contributed by atoms with Crippen molar-refractivity contribution in [2.75, 3.05) is 19.6 Å². The van der Waals surface area contributed by atoms with Gasteiger partial charge in [0, 0.05) is 17.6 Å². The van der Waals surface area contributed by atoms with Crippen molar-refractivity contribution in [1.82, 2.24) is 15.1 Å². The van der Waals surface area contributed by atoms with Gasteiger partial charge in [-0.1, -0.05) is 28.1 Å². The average Bonchev–Trinajstić information content (AvgIpc) is 2.73. The van der Waals surface area contributed by atoms with Crippen molar-refractivity contribution in [1.29, 1.82) is 0 Å². The molecular formula is C16H20BrN3O3. The van der Waals surface area contributed by atoms with Crippen molar-refractivity contribution in [2.45, 2.75) is 26.3 Å². The van der Waals surface area contributed by atoms with E-state index in [1.54, 1.807) is 30.0 Å². The molecule has 0 spiro atoms. The highest BCUT2D eigenvalue weighted by Gasteiger charge is 2.49. The molecule has 1 aromatic rings. The third-order valence-corrected chi connectivity index (χ3v) is 4.58. The molecule has 0 bridgehead atoms. The van der Waals surface area contributed by atoms with Crippen LogP contribution in [0.4, 0.5) is 4.79 Å². The number of urea groups is 1. The zero-order valence-electron chi connectivity index (χ0n) is 13.4. The summed E-state index contributed by atoms with van der Waals surface area (Å²) in [4.78, 5) is 39.7. The molecule has 6 nitrogen and oxygen atoms in total. The Morgan fingerprint density at radius 2 is 1.96 bits per heavy atom.